The minimum Gasteiger partial charge on any atom is -0.481 e. The SMILES string of the molecule is CCn1c(N2CCN(c3ccccc3)CC2)c(C=C2SC(=S)N(CCCC(=O)O)C2=O)c(C)c(C#N)c1=O. The van der Waals surface area contributed by atoms with Gasteiger partial charge in [0, 0.05) is 56.9 Å². The molecule has 3 heterocycles. The number of benzene rings is 1. The molecule has 1 N–H and O–H groups in total. The van der Waals surface area contributed by atoms with Crippen LogP contribution in [-0.4, -0.2) is 63.5 Å². The second-order valence-corrected chi connectivity index (χ2v) is 10.7. The number of amides is 1. The van der Waals surface area contributed by atoms with Crippen LogP contribution in [0.4, 0.5) is 11.5 Å². The number of anilines is 2. The summed E-state index contributed by atoms with van der Waals surface area (Å²) in [6.07, 6.45) is 1.98. The van der Waals surface area contributed by atoms with Gasteiger partial charge in [0.1, 0.15) is 21.8 Å². The van der Waals surface area contributed by atoms with Crippen LogP contribution in [0.5, 0.6) is 0 Å². The van der Waals surface area contributed by atoms with Gasteiger partial charge in [-0.25, -0.2) is 0 Å². The van der Waals surface area contributed by atoms with Crippen LogP contribution in [0.1, 0.15) is 36.5 Å². The molecule has 2 aliphatic heterocycles. The molecule has 0 atom stereocenters. The number of carbonyl (C=O) groups excluding carboxylic acids is 1. The summed E-state index contributed by atoms with van der Waals surface area (Å²) in [6.45, 7) is 7.04. The molecule has 38 heavy (non-hydrogen) atoms. The highest BCUT2D eigenvalue weighted by Gasteiger charge is 2.33. The number of carboxylic acid groups (broad SMARTS) is 1. The van der Waals surface area contributed by atoms with Crippen LogP contribution < -0.4 is 15.4 Å². The van der Waals surface area contributed by atoms with E-state index in [1.165, 1.54) is 4.90 Å². The molecule has 0 bridgehead atoms. The molecular formula is C27H29N5O4S2. The molecule has 9 nitrogen and oxygen atoms in total. The number of piperazine rings is 1. The lowest BCUT2D eigenvalue weighted by Gasteiger charge is -2.39. The lowest BCUT2D eigenvalue weighted by Crippen LogP contribution is -2.48. The van der Waals surface area contributed by atoms with Gasteiger partial charge in [0.25, 0.3) is 11.5 Å². The number of para-hydroxylation sites is 1. The number of nitrogens with zero attached hydrogens (tertiary/aromatic N) is 5. The first-order chi connectivity index (χ1) is 18.3. The van der Waals surface area contributed by atoms with Crippen molar-refractivity contribution in [2.45, 2.75) is 33.2 Å². The predicted molar refractivity (Wildman–Crippen MR) is 153 cm³/mol. The maximum Gasteiger partial charge on any atom is 0.303 e. The van der Waals surface area contributed by atoms with Crippen molar-refractivity contribution in [3.05, 3.63) is 62.3 Å². The molecule has 0 unspecified atom stereocenters. The Hall–Kier alpha value is -3.62. The Labute approximate surface area is 230 Å². The molecule has 11 heteroatoms. The predicted octanol–water partition coefficient (Wildman–Crippen LogP) is 3.44. The van der Waals surface area contributed by atoms with Crippen molar-refractivity contribution in [3.63, 3.8) is 0 Å². The fourth-order valence-corrected chi connectivity index (χ4v) is 6.10. The molecule has 1 aromatic carbocycles. The van der Waals surface area contributed by atoms with Crippen LogP contribution in [-0.2, 0) is 16.1 Å². The number of carbonyl (C=O) groups is 2. The summed E-state index contributed by atoms with van der Waals surface area (Å²) in [4.78, 5) is 43.6. The Morgan fingerprint density at radius 2 is 1.82 bits per heavy atom. The molecule has 1 aromatic heterocycles. The minimum atomic E-state index is -0.926. The van der Waals surface area contributed by atoms with E-state index in [0.717, 1.165) is 30.5 Å². The number of aliphatic carboxylic acids is 1. The Kier molecular flexibility index (Phi) is 8.54. The van der Waals surface area contributed by atoms with Crippen LogP contribution in [0.25, 0.3) is 6.08 Å². The number of thioether (sulfide) groups is 1. The first-order valence-corrected chi connectivity index (χ1v) is 13.7. The van der Waals surface area contributed by atoms with Crippen LogP contribution in [0.15, 0.2) is 40.0 Å². The van der Waals surface area contributed by atoms with Gasteiger partial charge in [0.05, 0.1) is 4.91 Å². The van der Waals surface area contributed by atoms with Crippen molar-refractivity contribution < 1.29 is 14.7 Å². The summed E-state index contributed by atoms with van der Waals surface area (Å²) in [6, 6.07) is 12.2. The number of carboxylic acids is 1. The smallest absolute Gasteiger partial charge is 0.303 e. The van der Waals surface area contributed by atoms with E-state index in [1.807, 2.05) is 25.1 Å². The lowest BCUT2D eigenvalue weighted by atomic mass is 10.0. The highest BCUT2D eigenvalue weighted by Crippen LogP contribution is 2.36. The number of rotatable bonds is 8. The molecule has 0 saturated carbocycles. The van der Waals surface area contributed by atoms with Crippen molar-refractivity contribution in [1.82, 2.24) is 9.47 Å². The molecule has 2 aromatic rings. The second kappa shape index (κ2) is 11.8. The van der Waals surface area contributed by atoms with Gasteiger partial charge in [0.15, 0.2) is 0 Å². The monoisotopic (exact) mass is 551 g/mol. The van der Waals surface area contributed by atoms with Crippen LogP contribution in [0, 0.1) is 18.3 Å². The number of nitriles is 1. The Morgan fingerprint density at radius 1 is 1.16 bits per heavy atom. The fraction of sp³-hybridized carbons (Fsp3) is 0.370. The van der Waals surface area contributed by atoms with Gasteiger partial charge >= 0.3 is 5.97 Å². The van der Waals surface area contributed by atoms with Crippen molar-refractivity contribution >= 4 is 57.8 Å². The minimum absolute atomic E-state index is 0.0543. The molecule has 2 saturated heterocycles. The highest BCUT2D eigenvalue weighted by molar-refractivity contribution is 8.26. The number of aromatic nitrogens is 1. The summed E-state index contributed by atoms with van der Waals surface area (Å²) in [5.74, 6) is -0.528. The molecule has 198 valence electrons. The summed E-state index contributed by atoms with van der Waals surface area (Å²) in [7, 11) is 0. The van der Waals surface area contributed by atoms with E-state index in [-0.39, 0.29) is 30.0 Å². The molecule has 0 radical (unpaired) electrons. The average Bonchev–Trinajstić information content (AvgIpc) is 3.18. The highest BCUT2D eigenvalue weighted by atomic mass is 32.2. The topological polar surface area (TPSA) is 110 Å². The summed E-state index contributed by atoms with van der Waals surface area (Å²) in [5, 5.41) is 18.7. The normalized spacial score (nSPS) is 16.9. The van der Waals surface area contributed by atoms with Gasteiger partial charge in [-0.15, -0.1) is 0 Å². The van der Waals surface area contributed by atoms with Gasteiger partial charge in [-0.1, -0.05) is 42.2 Å². The molecular weight excluding hydrogens is 522 g/mol. The zero-order valence-corrected chi connectivity index (χ0v) is 23.0. The molecule has 2 fully saturated rings. The summed E-state index contributed by atoms with van der Waals surface area (Å²) in [5.41, 5.74) is 2.04. The van der Waals surface area contributed by atoms with E-state index < -0.39 is 5.97 Å². The Bertz CT molecular complexity index is 1390. The molecule has 4 rings (SSSR count). The zero-order chi connectivity index (χ0) is 27.4. The van der Waals surface area contributed by atoms with Gasteiger partial charge in [-0.05, 0) is 44.0 Å². The maximum atomic E-state index is 13.3. The van der Waals surface area contributed by atoms with Gasteiger partial charge in [-0.3, -0.25) is 23.9 Å². The van der Waals surface area contributed by atoms with E-state index in [4.69, 9.17) is 17.3 Å². The third-order valence-electron chi connectivity index (χ3n) is 6.78. The molecule has 1 amide bonds. The van der Waals surface area contributed by atoms with Crippen molar-refractivity contribution in [1.29, 1.82) is 5.26 Å². The second-order valence-electron chi connectivity index (χ2n) is 9.04. The van der Waals surface area contributed by atoms with Gasteiger partial charge < -0.3 is 14.9 Å². The van der Waals surface area contributed by atoms with Crippen molar-refractivity contribution in [2.24, 2.45) is 0 Å². The Morgan fingerprint density at radius 3 is 2.42 bits per heavy atom. The summed E-state index contributed by atoms with van der Waals surface area (Å²) >= 11 is 6.57. The largest absolute Gasteiger partial charge is 0.481 e. The van der Waals surface area contributed by atoms with Crippen molar-refractivity contribution in [2.75, 3.05) is 42.5 Å². The van der Waals surface area contributed by atoms with Gasteiger partial charge in [-0.2, -0.15) is 5.26 Å². The fourth-order valence-electron chi connectivity index (χ4n) is 4.81. The zero-order valence-electron chi connectivity index (χ0n) is 21.3. The lowest BCUT2D eigenvalue weighted by molar-refractivity contribution is -0.137. The number of hydrogen-bond acceptors (Lipinski definition) is 8. The van der Waals surface area contributed by atoms with Crippen LogP contribution >= 0.6 is 24.0 Å². The van der Waals surface area contributed by atoms with Crippen LogP contribution in [0.3, 0.4) is 0 Å². The Balaban J connectivity index is 1.71. The van der Waals surface area contributed by atoms with E-state index in [2.05, 4.69) is 28.0 Å². The quantitative estimate of drug-likeness (QED) is 0.390. The van der Waals surface area contributed by atoms with E-state index >= 15 is 0 Å². The first-order valence-electron chi connectivity index (χ1n) is 12.5. The summed E-state index contributed by atoms with van der Waals surface area (Å²) < 4.78 is 1.98. The van der Waals surface area contributed by atoms with Crippen molar-refractivity contribution in [3.8, 4) is 6.07 Å². The average molecular weight is 552 g/mol. The first kappa shape index (κ1) is 27.4. The van der Waals surface area contributed by atoms with Crippen LogP contribution in [0.2, 0.25) is 0 Å². The van der Waals surface area contributed by atoms with E-state index in [1.54, 1.807) is 17.6 Å². The maximum absolute atomic E-state index is 13.3. The number of pyridine rings is 1. The van der Waals surface area contributed by atoms with E-state index in [9.17, 15) is 19.6 Å². The van der Waals surface area contributed by atoms with Gasteiger partial charge in [0.2, 0.25) is 0 Å². The third kappa shape index (κ3) is 5.47. The number of thiocarbonyl (C=S) groups is 1. The standard InChI is InChI=1S/C27H29N5O4S2/c1-3-31-24(30-14-12-29(13-15-30)19-8-5-4-6-9-19)20(18(2)21(17-28)25(31)35)16-22-26(36)32(27(37)38-22)11-7-10-23(33)34/h4-6,8-9,16H,3,7,10-15H2,1-2H3,(H,33,34). The van der Waals surface area contributed by atoms with E-state index in [0.29, 0.717) is 52.2 Å². The molecule has 0 spiro atoms. The molecule has 0 aliphatic carbocycles. The molecule has 2 aliphatic rings. The third-order valence-corrected chi connectivity index (χ3v) is 8.16. The number of hydrogen-bond donors (Lipinski definition) is 1.